The number of hydrogen-bond acceptors (Lipinski definition) is 2. The largest absolute Gasteiger partial charge is 0.326 e. The van der Waals surface area contributed by atoms with Gasteiger partial charge in [0.05, 0.1) is 5.02 Å². The van der Waals surface area contributed by atoms with Gasteiger partial charge in [0, 0.05) is 16.3 Å². The van der Waals surface area contributed by atoms with Crippen molar-refractivity contribution < 1.29 is 0 Å². The zero-order chi connectivity index (χ0) is 12.3. The number of nitrogens with two attached hydrogens (primary N) is 1. The van der Waals surface area contributed by atoms with E-state index in [1.54, 1.807) is 11.8 Å². The second-order valence-corrected chi connectivity index (χ2v) is 5.33. The maximum Gasteiger partial charge on any atom is 0.0548 e. The van der Waals surface area contributed by atoms with E-state index in [0.717, 1.165) is 15.5 Å². The first kappa shape index (κ1) is 12.5. The van der Waals surface area contributed by atoms with Crippen molar-refractivity contribution in [1.82, 2.24) is 0 Å². The quantitative estimate of drug-likeness (QED) is 0.896. The van der Waals surface area contributed by atoms with E-state index in [-0.39, 0.29) is 0 Å². The van der Waals surface area contributed by atoms with Crippen molar-refractivity contribution in [3.8, 4) is 0 Å². The minimum Gasteiger partial charge on any atom is -0.326 e. The highest BCUT2D eigenvalue weighted by molar-refractivity contribution is 7.99. The molecule has 0 radical (unpaired) electrons. The van der Waals surface area contributed by atoms with E-state index in [1.807, 2.05) is 30.3 Å². The van der Waals surface area contributed by atoms with Crippen LogP contribution in [0.3, 0.4) is 0 Å². The van der Waals surface area contributed by atoms with E-state index >= 15 is 0 Å². The second-order valence-electron chi connectivity index (χ2n) is 3.84. The predicted molar refractivity (Wildman–Crippen MR) is 74.6 cm³/mol. The summed E-state index contributed by atoms with van der Waals surface area (Å²) in [5, 5.41) is 0.765. The second kappa shape index (κ2) is 5.58. The van der Waals surface area contributed by atoms with Gasteiger partial charge in [0.1, 0.15) is 0 Å². The van der Waals surface area contributed by atoms with Gasteiger partial charge in [0.25, 0.3) is 0 Å². The highest BCUT2D eigenvalue weighted by Crippen LogP contribution is 2.35. The normalized spacial score (nSPS) is 10.5. The first-order valence-electron chi connectivity index (χ1n) is 5.42. The maximum atomic E-state index is 6.23. The highest BCUT2D eigenvalue weighted by Gasteiger charge is 2.05. The zero-order valence-electron chi connectivity index (χ0n) is 9.61. The smallest absolute Gasteiger partial charge is 0.0548 e. The van der Waals surface area contributed by atoms with Crippen molar-refractivity contribution in [3.05, 3.63) is 58.6 Å². The first-order valence-corrected chi connectivity index (χ1v) is 6.62. The molecule has 0 fully saturated rings. The van der Waals surface area contributed by atoms with Crippen molar-refractivity contribution in [2.24, 2.45) is 5.73 Å². The first-order chi connectivity index (χ1) is 8.20. The van der Waals surface area contributed by atoms with E-state index in [0.29, 0.717) is 6.54 Å². The van der Waals surface area contributed by atoms with Gasteiger partial charge >= 0.3 is 0 Å². The van der Waals surface area contributed by atoms with Crippen LogP contribution in [0.2, 0.25) is 5.02 Å². The molecule has 0 amide bonds. The Bertz CT molecular complexity index is 525. The van der Waals surface area contributed by atoms with Crippen molar-refractivity contribution in [2.45, 2.75) is 23.3 Å². The van der Waals surface area contributed by atoms with Crippen LogP contribution in [-0.4, -0.2) is 0 Å². The topological polar surface area (TPSA) is 26.0 Å². The summed E-state index contributed by atoms with van der Waals surface area (Å²) in [6.45, 7) is 2.62. The Balaban J connectivity index is 2.28. The molecule has 0 spiro atoms. The minimum absolute atomic E-state index is 0.523. The molecule has 0 saturated carbocycles. The molecule has 88 valence electrons. The Morgan fingerprint density at radius 1 is 1.12 bits per heavy atom. The van der Waals surface area contributed by atoms with Crippen LogP contribution < -0.4 is 5.73 Å². The molecular formula is C14H14ClNS. The third-order valence-corrected chi connectivity index (χ3v) is 4.22. The van der Waals surface area contributed by atoms with E-state index in [4.69, 9.17) is 17.3 Å². The molecule has 0 heterocycles. The van der Waals surface area contributed by atoms with Crippen molar-refractivity contribution >= 4 is 23.4 Å². The Labute approximate surface area is 111 Å². The van der Waals surface area contributed by atoms with Gasteiger partial charge in [-0.3, -0.25) is 0 Å². The van der Waals surface area contributed by atoms with Crippen LogP contribution in [0.15, 0.2) is 52.3 Å². The van der Waals surface area contributed by atoms with Gasteiger partial charge in [0.15, 0.2) is 0 Å². The van der Waals surface area contributed by atoms with Crippen LogP contribution in [0, 0.1) is 6.92 Å². The molecular weight excluding hydrogens is 250 g/mol. The molecule has 0 saturated heterocycles. The van der Waals surface area contributed by atoms with Crippen molar-refractivity contribution in [1.29, 1.82) is 0 Å². The van der Waals surface area contributed by atoms with Crippen LogP contribution in [0.1, 0.15) is 11.1 Å². The van der Waals surface area contributed by atoms with Gasteiger partial charge in [0.2, 0.25) is 0 Å². The summed E-state index contributed by atoms with van der Waals surface area (Å²) >= 11 is 7.92. The molecule has 2 aromatic carbocycles. The molecule has 0 aliphatic rings. The summed E-state index contributed by atoms with van der Waals surface area (Å²) in [6, 6.07) is 14.3. The number of hydrogen-bond donors (Lipinski definition) is 1. The lowest BCUT2D eigenvalue weighted by molar-refractivity contribution is 1.07. The SMILES string of the molecule is Cc1ccccc1Sc1ccc(CN)cc1Cl. The van der Waals surface area contributed by atoms with Gasteiger partial charge in [-0.2, -0.15) is 0 Å². The summed E-state index contributed by atoms with van der Waals surface area (Å²) in [7, 11) is 0. The van der Waals surface area contributed by atoms with E-state index in [9.17, 15) is 0 Å². The van der Waals surface area contributed by atoms with Gasteiger partial charge in [-0.15, -0.1) is 0 Å². The average Bonchev–Trinajstić information content (AvgIpc) is 2.34. The lowest BCUT2D eigenvalue weighted by atomic mass is 10.2. The average molecular weight is 264 g/mol. The molecule has 17 heavy (non-hydrogen) atoms. The summed E-state index contributed by atoms with van der Waals surface area (Å²) in [5.74, 6) is 0. The Morgan fingerprint density at radius 2 is 1.88 bits per heavy atom. The van der Waals surface area contributed by atoms with E-state index in [1.165, 1.54) is 10.5 Å². The molecule has 2 rings (SSSR count). The molecule has 0 aliphatic carbocycles. The third kappa shape index (κ3) is 3.03. The van der Waals surface area contributed by atoms with Crippen LogP contribution in [0.5, 0.6) is 0 Å². The number of rotatable bonds is 3. The summed E-state index contributed by atoms with van der Waals surface area (Å²) in [5.41, 5.74) is 7.90. The zero-order valence-corrected chi connectivity index (χ0v) is 11.2. The summed E-state index contributed by atoms with van der Waals surface area (Å²) < 4.78 is 0. The molecule has 0 aliphatic heterocycles. The molecule has 2 aromatic rings. The van der Waals surface area contributed by atoms with Crippen LogP contribution in [0.4, 0.5) is 0 Å². The summed E-state index contributed by atoms with van der Waals surface area (Å²) in [6.07, 6.45) is 0. The van der Waals surface area contributed by atoms with E-state index in [2.05, 4.69) is 19.1 Å². The molecule has 1 nitrogen and oxygen atoms in total. The molecule has 0 atom stereocenters. The number of benzene rings is 2. The molecule has 3 heteroatoms. The fourth-order valence-electron chi connectivity index (χ4n) is 1.54. The number of aryl methyl sites for hydroxylation is 1. The Hall–Kier alpha value is -0.960. The third-order valence-electron chi connectivity index (χ3n) is 2.55. The molecule has 0 bridgehead atoms. The van der Waals surface area contributed by atoms with Gasteiger partial charge in [-0.05, 0) is 36.2 Å². The van der Waals surface area contributed by atoms with E-state index < -0.39 is 0 Å². The standard InChI is InChI=1S/C14H14ClNS/c1-10-4-2-3-5-13(10)17-14-7-6-11(9-16)8-12(14)15/h2-8H,9,16H2,1H3. The molecule has 2 N–H and O–H groups in total. The monoisotopic (exact) mass is 263 g/mol. The highest BCUT2D eigenvalue weighted by atomic mass is 35.5. The Morgan fingerprint density at radius 3 is 2.53 bits per heavy atom. The fraction of sp³-hybridized carbons (Fsp3) is 0.143. The van der Waals surface area contributed by atoms with Gasteiger partial charge in [-0.25, -0.2) is 0 Å². The van der Waals surface area contributed by atoms with Crippen LogP contribution in [0.25, 0.3) is 0 Å². The minimum atomic E-state index is 0.523. The van der Waals surface area contributed by atoms with Crippen molar-refractivity contribution in [3.63, 3.8) is 0 Å². The Kier molecular flexibility index (Phi) is 4.11. The number of halogens is 1. The molecule has 0 unspecified atom stereocenters. The van der Waals surface area contributed by atoms with Crippen LogP contribution in [-0.2, 0) is 6.54 Å². The molecule has 0 aromatic heterocycles. The van der Waals surface area contributed by atoms with Crippen LogP contribution >= 0.6 is 23.4 Å². The predicted octanol–water partition coefficient (Wildman–Crippen LogP) is 4.26. The maximum absolute atomic E-state index is 6.23. The summed E-state index contributed by atoms with van der Waals surface area (Å²) in [4.78, 5) is 2.30. The van der Waals surface area contributed by atoms with Gasteiger partial charge in [-0.1, -0.05) is 47.6 Å². The fourth-order valence-corrected chi connectivity index (χ4v) is 2.77. The van der Waals surface area contributed by atoms with Crippen molar-refractivity contribution in [2.75, 3.05) is 0 Å². The lowest BCUT2D eigenvalue weighted by Gasteiger charge is -2.08. The van der Waals surface area contributed by atoms with Gasteiger partial charge < -0.3 is 5.73 Å². The lowest BCUT2D eigenvalue weighted by Crippen LogP contribution is -1.95.